The van der Waals surface area contributed by atoms with Gasteiger partial charge in [0.25, 0.3) is 17.2 Å². The Balaban J connectivity index is 1.62. The van der Waals surface area contributed by atoms with E-state index in [0.717, 1.165) is 0 Å². The number of hydrogen-bond acceptors (Lipinski definition) is 7. The van der Waals surface area contributed by atoms with Crippen molar-refractivity contribution in [1.82, 2.24) is 14.9 Å². The molecule has 0 spiro atoms. The van der Waals surface area contributed by atoms with Gasteiger partial charge in [0.15, 0.2) is 5.76 Å². The smallest absolute Gasteiger partial charge is 0.293 e. The fourth-order valence-corrected chi connectivity index (χ4v) is 3.20. The highest BCUT2D eigenvalue weighted by Crippen LogP contribution is 2.32. The molecule has 0 aliphatic carbocycles. The fourth-order valence-electron chi connectivity index (χ4n) is 3.20. The van der Waals surface area contributed by atoms with Gasteiger partial charge in [-0.25, -0.2) is 4.98 Å². The quantitative estimate of drug-likeness (QED) is 0.546. The molecular weight excluding hydrogens is 354 g/mol. The monoisotopic (exact) mass is 369 g/mol. The normalized spacial score (nSPS) is 14.5. The summed E-state index contributed by atoms with van der Waals surface area (Å²) in [6.07, 6.45) is 2.71. The van der Waals surface area contributed by atoms with Crippen molar-refractivity contribution in [2.24, 2.45) is 0 Å². The summed E-state index contributed by atoms with van der Waals surface area (Å²) in [7, 11) is 0. The number of fused-ring (bicyclic) bond motifs is 1. The van der Waals surface area contributed by atoms with Crippen molar-refractivity contribution in [1.29, 1.82) is 0 Å². The molecule has 3 heterocycles. The molecule has 27 heavy (non-hydrogen) atoms. The maximum Gasteiger partial charge on any atom is 0.293 e. The molecule has 138 valence electrons. The van der Waals surface area contributed by atoms with Crippen molar-refractivity contribution in [3.05, 3.63) is 63.1 Å². The highest BCUT2D eigenvalue weighted by Gasteiger charge is 2.28. The van der Waals surface area contributed by atoms with Crippen molar-refractivity contribution in [3.63, 3.8) is 0 Å². The number of aromatic amines is 1. The van der Waals surface area contributed by atoms with E-state index in [-0.39, 0.29) is 22.7 Å². The number of carbonyl (C=O) groups is 1. The molecule has 4 rings (SSSR count). The first kappa shape index (κ1) is 16.8. The lowest BCUT2D eigenvalue weighted by molar-refractivity contribution is -0.384. The largest absolute Gasteiger partial charge is 0.459 e. The van der Waals surface area contributed by atoms with Crippen LogP contribution in [0.5, 0.6) is 0 Å². The molecule has 1 saturated heterocycles. The molecule has 1 aliphatic rings. The number of piperazine rings is 1. The molecule has 0 saturated carbocycles. The third-order valence-corrected chi connectivity index (χ3v) is 4.57. The van der Waals surface area contributed by atoms with E-state index in [1.165, 1.54) is 18.7 Å². The van der Waals surface area contributed by atoms with E-state index in [2.05, 4.69) is 9.97 Å². The van der Waals surface area contributed by atoms with E-state index in [4.69, 9.17) is 4.42 Å². The molecule has 1 aromatic carbocycles. The SMILES string of the molecule is O=C(c1ccco1)N1CCN(c2cc3nc[nH]c(=O)c3cc2[N+](=O)[O-])CC1. The summed E-state index contributed by atoms with van der Waals surface area (Å²) in [4.78, 5) is 45.2. The van der Waals surface area contributed by atoms with Gasteiger partial charge in [-0.3, -0.25) is 19.7 Å². The van der Waals surface area contributed by atoms with Gasteiger partial charge in [-0.2, -0.15) is 0 Å². The lowest BCUT2D eigenvalue weighted by atomic mass is 10.1. The minimum absolute atomic E-state index is 0.160. The van der Waals surface area contributed by atoms with E-state index in [1.807, 2.05) is 4.90 Å². The average molecular weight is 369 g/mol. The third kappa shape index (κ3) is 3.01. The number of anilines is 1. The number of rotatable bonds is 3. The number of H-pyrrole nitrogens is 1. The maximum atomic E-state index is 12.3. The summed E-state index contributed by atoms with van der Waals surface area (Å²) in [5, 5.41) is 11.7. The number of aromatic nitrogens is 2. The Bertz CT molecular complexity index is 1070. The molecule has 2 aromatic heterocycles. The number of benzene rings is 1. The summed E-state index contributed by atoms with van der Waals surface area (Å²) >= 11 is 0. The summed E-state index contributed by atoms with van der Waals surface area (Å²) in [6, 6.07) is 6.05. The maximum absolute atomic E-state index is 12.3. The van der Waals surface area contributed by atoms with Gasteiger partial charge < -0.3 is 19.2 Å². The van der Waals surface area contributed by atoms with Crippen LogP contribution in [-0.2, 0) is 0 Å². The van der Waals surface area contributed by atoms with Crippen molar-refractivity contribution in [2.45, 2.75) is 0 Å². The Hall–Kier alpha value is -3.69. The van der Waals surface area contributed by atoms with Crippen LogP contribution in [0, 0.1) is 10.1 Å². The fraction of sp³-hybridized carbons (Fsp3) is 0.235. The zero-order valence-electron chi connectivity index (χ0n) is 14.1. The van der Waals surface area contributed by atoms with E-state index in [1.54, 1.807) is 23.1 Å². The van der Waals surface area contributed by atoms with E-state index in [0.29, 0.717) is 37.4 Å². The Kier molecular flexibility index (Phi) is 4.07. The zero-order chi connectivity index (χ0) is 19.0. The molecule has 3 aromatic rings. The van der Waals surface area contributed by atoms with E-state index >= 15 is 0 Å². The van der Waals surface area contributed by atoms with Gasteiger partial charge in [0.1, 0.15) is 5.69 Å². The molecule has 0 unspecified atom stereocenters. The van der Waals surface area contributed by atoms with Gasteiger partial charge in [0, 0.05) is 32.2 Å². The highest BCUT2D eigenvalue weighted by molar-refractivity contribution is 5.92. The molecule has 1 N–H and O–H groups in total. The van der Waals surface area contributed by atoms with Gasteiger partial charge in [0.05, 0.1) is 28.4 Å². The van der Waals surface area contributed by atoms with Crippen LogP contribution in [0.4, 0.5) is 11.4 Å². The standard InChI is InChI=1S/C17H15N5O5/c23-16-11-8-14(22(25)26)13(9-12(11)18-10-19-16)20-3-5-21(6-4-20)17(24)15-2-1-7-27-15/h1-2,7-10H,3-6H2,(H,18,19,23). The lowest BCUT2D eigenvalue weighted by Crippen LogP contribution is -2.48. The molecule has 1 amide bonds. The topological polar surface area (TPSA) is 126 Å². The van der Waals surface area contributed by atoms with Crippen LogP contribution < -0.4 is 10.5 Å². The minimum atomic E-state index is -0.512. The van der Waals surface area contributed by atoms with Crippen molar-refractivity contribution >= 4 is 28.2 Å². The second kappa shape index (κ2) is 6.56. The molecule has 0 radical (unpaired) electrons. The van der Waals surface area contributed by atoms with Crippen LogP contribution in [0.15, 0.2) is 46.1 Å². The molecule has 10 heteroatoms. The second-order valence-corrected chi connectivity index (χ2v) is 6.10. The second-order valence-electron chi connectivity index (χ2n) is 6.10. The van der Waals surface area contributed by atoms with Crippen LogP contribution in [0.3, 0.4) is 0 Å². The van der Waals surface area contributed by atoms with Gasteiger partial charge >= 0.3 is 0 Å². The Morgan fingerprint density at radius 3 is 2.70 bits per heavy atom. The van der Waals surface area contributed by atoms with E-state index in [9.17, 15) is 19.7 Å². The molecule has 1 fully saturated rings. The van der Waals surface area contributed by atoms with Crippen LogP contribution >= 0.6 is 0 Å². The average Bonchev–Trinajstić information content (AvgIpc) is 3.22. The Labute approximate surface area is 152 Å². The van der Waals surface area contributed by atoms with Crippen LogP contribution in [0.1, 0.15) is 10.6 Å². The van der Waals surface area contributed by atoms with Crippen molar-refractivity contribution in [3.8, 4) is 0 Å². The minimum Gasteiger partial charge on any atom is -0.459 e. The number of nitrogens with zero attached hydrogens (tertiary/aromatic N) is 4. The first-order valence-corrected chi connectivity index (χ1v) is 8.28. The number of nitro groups is 1. The number of hydrogen-bond donors (Lipinski definition) is 1. The lowest BCUT2D eigenvalue weighted by Gasteiger charge is -2.35. The summed E-state index contributed by atoms with van der Waals surface area (Å²) in [5.74, 6) is 0.0597. The highest BCUT2D eigenvalue weighted by atomic mass is 16.6. The summed E-state index contributed by atoms with van der Waals surface area (Å²) < 4.78 is 5.14. The first-order valence-electron chi connectivity index (χ1n) is 8.28. The summed E-state index contributed by atoms with van der Waals surface area (Å²) in [6.45, 7) is 1.64. The van der Waals surface area contributed by atoms with Crippen LogP contribution in [0.25, 0.3) is 10.9 Å². The van der Waals surface area contributed by atoms with Gasteiger partial charge in [-0.15, -0.1) is 0 Å². The predicted molar refractivity (Wildman–Crippen MR) is 95.8 cm³/mol. The number of furan rings is 1. The van der Waals surface area contributed by atoms with Crippen molar-refractivity contribution in [2.75, 3.05) is 31.1 Å². The van der Waals surface area contributed by atoms with Gasteiger partial charge in [-0.1, -0.05) is 0 Å². The zero-order valence-corrected chi connectivity index (χ0v) is 14.1. The molecule has 0 atom stereocenters. The number of nitrogens with one attached hydrogen (secondary N) is 1. The molecule has 10 nitrogen and oxygen atoms in total. The number of carbonyl (C=O) groups excluding carboxylic acids is 1. The van der Waals surface area contributed by atoms with E-state index < -0.39 is 10.5 Å². The molecular formula is C17H15N5O5. The van der Waals surface area contributed by atoms with Crippen LogP contribution in [0.2, 0.25) is 0 Å². The predicted octanol–water partition coefficient (Wildman–Crippen LogP) is 1.39. The number of nitro benzene ring substituents is 1. The third-order valence-electron chi connectivity index (χ3n) is 4.57. The van der Waals surface area contributed by atoms with Crippen molar-refractivity contribution < 1.29 is 14.1 Å². The van der Waals surface area contributed by atoms with Crippen LogP contribution in [-0.4, -0.2) is 51.9 Å². The first-order chi connectivity index (χ1) is 13.0. The van der Waals surface area contributed by atoms with Gasteiger partial charge in [-0.05, 0) is 18.2 Å². The Morgan fingerprint density at radius 2 is 2.04 bits per heavy atom. The molecule has 0 bridgehead atoms. The number of amides is 1. The molecule has 1 aliphatic heterocycles. The Morgan fingerprint density at radius 1 is 1.26 bits per heavy atom. The van der Waals surface area contributed by atoms with Gasteiger partial charge in [0.2, 0.25) is 0 Å². The summed E-state index contributed by atoms with van der Waals surface area (Å²) in [5.41, 5.74) is 0.180.